The number of nitrogens with two attached hydrogens (primary N) is 1. The summed E-state index contributed by atoms with van der Waals surface area (Å²) in [5, 5.41) is 9.92. The Labute approximate surface area is 163 Å². The van der Waals surface area contributed by atoms with Crippen molar-refractivity contribution in [2.75, 3.05) is 24.9 Å². The van der Waals surface area contributed by atoms with E-state index in [0.29, 0.717) is 16.3 Å². The molecule has 0 fully saturated rings. The average molecular weight is 411 g/mol. The molecule has 10 nitrogen and oxygen atoms in total. The van der Waals surface area contributed by atoms with E-state index in [-0.39, 0.29) is 21.2 Å². The second-order valence-corrected chi connectivity index (χ2v) is 6.65. The lowest BCUT2D eigenvalue weighted by molar-refractivity contribution is 0.0601. The minimum Gasteiger partial charge on any atom is -0.465 e. The minimum atomic E-state index is -0.685. The molecule has 4 N–H and O–H groups in total. The first-order chi connectivity index (χ1) is 12.7. The van der Waals surface area contributed by atoms with Gasteiger partial charge in [-0.15, -0.1) is 11.3 Å². The van der Waals surface area contributed by atoms with Crippen molar-refractivity contribution in [3.8, 4) is 0 Å². The number of esters is 2. The number of aryl methyl sites for hydroxylation is 1. The van der Waals surface area contributed by atoms with E-state index in [1.54, 1.807) is 14.0 Å². The van der Waals surface area contributed by atoms with Crippen molar-refractivity contribution in [1.82, 2.24) is 9.78 Å². The van der Waals surface area contributed by atoms with Gasteiger partial charge in [0.2, 0.25) is 0 Å². The number of primary amides is 1. The predicted octanol–water partition coefficient (Wildman–Crippen LogP) is 1.27. The van der Waals surface area contributed by atoms with Gasteiger partial charge in [-0.25, -0.2) is 9.59 Å². The van der Waals surface area contributed by atoms with E-state index in [2.05, 4.69) is 15.7 Å². The normalized spacial score (nSPS) is 10.2. The van der Waals surface area contributed by atoms with Crippen molar-refractivity contribution in [3.05, 3.63) is 27.9 Å². The molecule has 0 atom stereocenters. The first-order valence-electron chi connectivity index (χ1n) is 7.41. The van der Waals surface area contributed by atoms with Crippen LogP contribution in [0.5, 0.6) is 0 Å². The van der Waals surface area contributed by atoms with Crippen LogP contribution in [-0.4, -0.2) is 47.0 Å². The van der Waals surface area contributed by atoms with Crippen LogP contribution in [-0.2, 0) is 16.5 Å². The van der Waals surface area contributed by atoms with Gasteiger partial charge in [0, 0.05) is 7.05 Å². The summed E-state index contributed by atoms with van der Waals surface area (Å²) >= 11 is 6.22. The van der Waals surface area contributed by atoms with Gasteiger partial charge < -0.3 is 25.8 Å². The highest BCUT2D eigenvalue weighted by Gasteiger charge is 2.26. The molecule has 0 spiro atoms. The van der Waals surface area contributed by atoms with Crippen molar-refractivity contribution in [1.29, 1.82) is 0 Å². The van der Waals surface area contributed by atoms with Crippen LogP contribution in [0, 0.1) is 6.92 Å². The van der Waals surface area contributed by atoms with Gasteiger partial charge in [-0.05, 0) is 24.7 Å². The van der Waals surface area contributed by atoms with E-state index in [1.807, 2.05) is 0 Å². The van der Waals surface area contributed by atoms with Gasteiger partial charge in [0.1, 0.15) is 15.6 Å². The SMILES string of the molecule is COC(=O)c1sc(NC(=S)Nc2cnn(C)c2C(N)=O)c(C(=O)OC)c1C. The highest BCUT2D eigenvalue weighted by Crippen LogP contribution is 2.34. The van der Waals surface area contributed by atoms with E-state index in [1.165, 1.54) is 25.1 Å². The van der Waals surface area contributed by atoms with Crippen LogP contribution in [0.15, 0.2) is 6.20 Å². The van der Waals surface area contributed by atoms with Crippen LogP contribution < -0.4 is 16.4 Å². The second-order valence-electron chi connectivity index (χ2n) is 5.22. The van der Waals surface area contributed by atoms with Gasteiger partial charge in [0.25, 0.3) is 5.91 Å². The average Bonchev–Trinajstić information content (AvgIpc) is 3.13. The fraction of sp³-hybridized carbons (Fsp3) is 0.267. The van der Waals surface area contributed by atoms with Gasteiger partial charge in [-0.1, -0.05) is 0 Å². The van der Waals surface area contributed by atoms with Gasteiger partial charge >= 0.3 is 11.9 Å². The standard InChI is InChI=1S/C15H17N5O5S2/c1-6-8(13(22)24-3)12(27-10(6)14(23)25-4)19-15(26)18-7-5-17-20(2)9(7)11(16)21/h5H,1-4H3,(H2,16,21)(H2,18,19,26). The molecular formula is C15H17N5O5S2. The molecule has 1 amide bonds. The summed E-state index contributed by atoms with van der Waals surface area (Å²) in [6, 6.07) is 0. The number of thiocarbonyl (C=S) groups is 1. The quantitative estimate of drug-likeness (QED) is 0.490. The third-order valence-corrected chi connectivity index (χ3v) is 4.95. The number of ether oxygens (including phenoxy) is 2. The first kappa shape index (κ1) is 20.3. The fourth-order valence-electron chi connectivity index (χ4n) is 2.31. The van der Waals surface area contributed by atoms with E-state index in [0.717, 1.165) is 11.3 Å². The molecule has 0 aliphatic carbocycles. The van der Waals surface area contributed by atoms with Crippen molar-refractivity contribution >= 4 is 57.2 Å². The Bertz CT molecular complexity index is 933. The zero-order valence-corrected chi connectivity index (χ0v) is 16.5. The third kappa shape index (κ3) is 4.06. The van der Waals surface area contributed by atoms with Gasteiger partial charge in [0.05, 0.1) is 31.7 Å². The van der Waals surface area contributed by atoms with Gasteiger partial charge in [0.15, 0.2) is 5.11 Å². The molecule has 0 aliphatic heterocycles. The molecule has 0 radical (unpaired) electrons. The van der Waals surface area contributed by atoms with Crippen molar-refractivity contribution in [2.24, 2.45) is 12.8 Å². The number of nitrogens with zero attached hydrogens (tertiary/aromatic N) is 2. The lowest BCUT2D eigenvalue weighted by atomic mass is 10.1. The molecule has 27 heavy (non-hydrogen) atoms. The minimum absolute atomic E-state index is 0.0633. The number of carbonyl (C=O) groups excluding carboxylic acids is 3. The summed E-state index contributed by atoms with van der Waals surface area (Å²) in [7, 11) is 4.03. The Morgan fingerprint density at radius 1 is 1.22 bits per heavy atom. The number of aromatic nitrogens is 2. The molecule has 12 heteroatoms. The molecule has 2 aromatic rings. The molecule has 2 rings (SSSR count). The molecule has 0 aliphatic rings. The number of amides is 1. The molecule has 0 aromatic carbocycles. The molecular weight excluding hydrogens is 394 g/mol. The Hall–Kier alpha value is -2.99. The smallest absolute Gasteiger partial charge is 0.348 e. The second kappa shape index (κ2) is 8.14. The van der Waals surface area contributed by atoms with Gasteiger partial charge in [-0.2, -0.15) is 5.10 Å². The number of nitrogens with one attached hydrogen (secondary N) is 2. The molecule has 144 valence electrons. The number of anilines is 2. The monoisotopic (exact) mass is 411 g/mol. The Balaban J connectivity index is 2.33. The van der Waals surface area contributed by atoms with Crippen molar-refractivity contribution in [3.63, 3.8) is 0 Å². The van der Waals surface area contributed by atoms with E-state index in [9.17, 15) is 14.4 Å². The molecule has 2 heterocycles. The number of rotatable bonds is 5. The summed E-state index contributed by atoms with van der Waals surface area (Å²) in [5.74, 6) is -1.91. The highest BCUT2D eigenvalue weighted by molar-refractivity contribution is 7.80. The van der Waals surface area contributed by atoms with Crippen LogP contribution in [0.1, 0.15) is 36.1 Å². The molecule has 2 aromatic heterocycles. The molecule has 0 saturated heterocycles. The first-order valence-corrected chi connectivity index (χ1v) is 8.63. The Kier molecular flexibility index (Phi) is 6.13. The summed E-state index contributed by atoms with van der Waals surface area (Å²) in [5.41, 5.74) is 6.32. The maximum Gasteiger partial charge on any atom is 0.348 e. The third-order valence-electron chi connectivity index (χ3n) is 3.55. The zero-order valence-electron chi connectivity index (χ0n) is 14.9. The number of carbonyl (C=O) groups is 3. The molecule has 0 saturated carbocycles. The zero-order chi connectivity index (χ0) is 20.3. The van der Waals surface area contributed by atoms with Crippen LogP contribution >= 0.6 is 23.6 Å². The molecule has 0 unspecified atom stereocenters. The van der Waals surface area contributed by atoms with Crippen LogP contribution in [0.25, 0.3) is 0 Å². The Morgan fingerprint density at radius 3 is 2.41 bits per heavy atom. The van der Waals surface area contributed by atoms with Crippen LogP contribution in [0.4, 0.5) is 10.7 Å². The topological polar surface area (TPSA) is 138 Å². The number of thiophene rings is 1. The lowest BCUT2D eigenvalue weighted by Crippen LogP contribution is -2.23. The van der Waals surface area contributed by atoms with E-state index >= 15 is 0 Å². The molecule has 0 bridgehead atoms. The number of hydrogen-bond donors (Lipinski definition) is 3. The highest BCUT2D eigenvalue weighted by atomic mass is 32.1. The Morgan fingerprint density at radius 2 is 1.85 bits per heavy atom. The van der Waals surface area contributed by atoms with Crippen molar-refractivity contribution < 1.29 is 23.9 Å². The van der Waals surface area contributed by atoms with Gasteiger partial charge in [-0.3, -0.25) is 9.48 Å². The van der Waals surface area contributed by atoms with E-state index in [4.69, 9.17) is 27.4 Å². The summed E-state index contributed by atoms with van der Waals surface area (Å²) in [6.07, 6.45) is 1.38. The summed E-state index contributed by atoms with van der Waals surface area (Å²) < 4.78 is 10.8. The van der Waals surface area contributed by atoms with Crippen LogP contribution in [0.2, 0.25) is 0 Å². The largest absolute Gasteiger partial charge is 0.465 e. The number of methoxy groups -OCH3 is 2. The summed E-state index contributed by atoms with van der Waals surface area (Å²) in [6.45, 7) is 1.60. The summed E-state index contributed by atoms with van der Waals surface area (Å²) in [4.78, 5) is 35.8. The number of hydrogen-bond acceptors (Lipinski definition) is 8. The maximum atomic E-state index is 12.1. The van der Waals surface area contributed by atoms with Crippen LogP contribution in [0.3, 0.4) is 0 Å². The lowest BCUT2D eigenvalue weighted by Gasteiger charge is -2.10. The van der Waals surface area contributed by atoms with Crippen molar-refractivity contribution in [2.45, 2.75) is 6.92 Å². The maximum absolute atomic E-state index is 12.1. The predicted molar refractivity (Wildman–Crippen MR) is 103 cm³/mol. The fourth-order valence-corrected chi connectivity index (χ4v) is 3.71. The van der Waals surface area contributed by atoms with E-state index < -0.39 is 17.8 Å².